The first-order valence-corrected chi connectivity index (χ1v) is 12.9. The molecule has 5 aromatic rings. The van der Waals surface area contributed by atoms with Crippen LogP contribution in [0.1, 0.15) is 49.6 Å². The van der Waals surface area contributed by atoms with E-state index in [1.165, 1.54) is 11.3 Å². The summed E-state index contributed by atoms with van der Waals surface area (Å²) in [5.41, 5.74) is 3.76. The topological polar surface area (TPSA) is 114 Å². The van der Waals surface area contributed by atoms with E-state index in [9.17, 15) is 9.59 Å². The van der Waals surface area contributed by atoms with Gasteiger partial charge < -0.3 is 10.2 Å². The fourth-order valence-corrected chi connectivity index (χ4v) is 6.10. The summed E-state index contributed by atoms with van der Waals surface area (Å²) in [6.07, 6.45) is 1.60. The number of rotatable bonds is 4. The maximum Gasteiger partial charge on any atom is 0.275 e. The second-order valence-corrected chi connectivity index (χ2v) is 10.6. The zero-order valence-corrected chi connectivity index (χ0v) is 20.4. The Morgan fingerprint density at radius 2 is 1.86 bits per heavy atom. The quantitative estimate of drug-likeness (QED) is 0.371. The summed E-state index contributed by atoms with van der Waals surface area (Å²) in [7, 11) is 0. The molecule has 6 rings (SSSR count). The lowest BCUT2D eigenvalue weighted by Gasteiger charge is -2.31. The van der Waals surface area contributed by atoms with Crippen LogP contribution in [0, 0.1) is 6.92 Å². The Labute approximate surface area is 207 Å². The maximum atomic E-state index is 12.9. The van der Waals surface area contributed by atoms with E-state index in [-0.39, 0.29) is 17.7 Å². The zero-order chi connectivity index (χ0) is 23.9. The number of thiazole rings is 2. The van der Waals surface area contributed by atoms with Crippen LogP contribution in [0.15, 0.2) is 46.4 Å². The number of anilines is 1. The number of carbonyl (C=O) groups is 2. The Hall–Kier alpha value is -3.70. The molecule has 9 nitrogen and oxygen atoms in total. The van der Waals surface area contributed by atoms with E-state index in [0.717, 1.165) is 33.1 Å². The van der Waals surface area contributed by atoms with Gasteiger partial charge in [-0.25, -0.2) is 14.6 Å². The molecule has 1 N–H and O–H groups in total. The molecule has 0 spiro atoms. The van der Waals surface area contributed by atoms with Gasteiger partial charge in [0.05, 0.1) is 20.2 Å². The van der Waals surface area contributed by atoms with Crippen molar-refractivity contribution in [2.24, 2.45) is 0 Å². The fourth-order valence-electron chi connectivity index (χ4n) is 4.32. The second-order valence-electron chi connectivity index (χ2n) is 8.47. The minimum Gasteiger partial charge on any atom is -0.339 e. The number of carbonyl (C=O) groups excluding carboxylic acids is 2. The lowest BCUT2D eigenvalue weighted by atomic mass is 9.97. The number of fused-ring (bicyclic) bond motifs is 2. The summed E-state index contributed by atoms with van der Waals surface area (Å²) in [5, 5.41) is 14.3. The molecule has 1 fully saturated rings. The first-order valence-electron chi connectivity index (χ1n) is 11.2. The summed E-state index contributed by atoms with van der Waals surface area (Å²) in [4.78, 5) is 36.7. The van der Waals surface area contributed by atoms with Gasteiger partial charge in [-0.05, 0) is 66.5 Å². The van der Waals surface area contributed by atoms with Gasteiger partial charge in [0.2, 0.25) is 0 Å². The Bertz CT molecular complexity index is 1560. The van der Waals surface area contributed by atoms with Gasteiger partial charge in [-0.2, -0.15) is 0 Å². The van der Waals surface area contributed by atoms with E-state index < -0.39 is 0 Å². The first-order chi connectivity index (χ1) is 17.0. The van der Waals surface area contributed by atoms with Crippen LogP contribution in [-0.2, 0) is 0 Å². The fraction of sp³-hybridized carbons (Fsp3) is 0.250. The minimum atomic E-state index is -0.232. The molecule has 3 aromatic heterocycles. The zero-order valence-electron chi connectivity index (χ0n) is 18.7. The number of nitrogens with one attached hydrogen (secondary N) is 1. The van der Waals surface area contributed by atoms with Crippen molar-refractivity contribution in [2.45, 2.75) is 25.7 Å². The van der Waals surface area contributed by atoms with Gasteiger partial charge in [0.15, 0.2) is 0 Å². The first kappa shape index (κ1) is 21.8. The summed E-state index contributed by atoms with van der Waals surface area (Å²) < 4.78 is 5.81. The van der Waals surface area contributed by atoms with E-state index in [1.54, 1.807) is 34.9 Å². The highest BCUT2D eigenvalue weighted by Gasteiger charge is 2.27. The Balaban J connectivity index is 1.08. The van der Waals surface area contributed by atoms with E-state index in [2.05, 4.69) is 25.6 Å². The maximum absolute atomic E-state index is 12.9. The number of aryl methyl sites for hydroxylation is 1. The molecule has 1 aliphatic heterocycles. The summed E-state index contributed by atoms with van der Waals surface area (Å²) >= 11 is 3.13. The van der Waals surface area contributed by atoms with Crippen LogP contribution in [0.3, 0.4) is 0 Å². The van der Waals surface area contributed by atoms with Crippen LogP contribution >= 0.6 is 22.7 Å². The highest BCUT2D eigenvalue weighted by Crippen LogP contribution is 2.31. The van der Waals surface area contributed by atoms with Gasteiger partial charge in [0.25, 0.3) is 11.8 Å². The Morgan fingerprint density at radius 1 is 1.03 bits per heavy atom. The van der Waals surface area contributed by atoms with Crippen LogP contribution in [0.4, 0.5) is 5.69 Å². The predicted molar refractivity (Wildman–Crippen MR) is 134 cm³/mol. The normalized spacial score (nSPS) is 14.6. The summed E-state index contributed by atoms with van der Waals surface area (Å²) in [6, 6.07) is 10.9. The van der Waals surface area contributed by atoms with E-state index >= 15 is 0 Å². The third-order valence-electron chi connectivity index (χ3n) is 6.14. The van der Waals surface area contributed by atoms with Gasteiger partial charge in [0, 0.05) is 35.6 Å². The summed E-state index contributed by atoms with van der Waals surface area (Å²) in [6.45, 7) is 3.23. The minimum absolute atomic E-state index is 0.0279. The van der Waals surface area contributed by atoms with Crippen molar-refractivity contribution in [2.75, 3.05) is 18.4 Å². The monoisotopic (exact) mass is 504 g/mol. The van der Waals surface area contributed by atoms with Crippen molar-refractivity contribution in [3.05, 3.63) is 63.1 Å². The van der Waals surface area contributed by atoms with Crippen LogP contribution in [-0.4, -0.2) is 50.1 Å². The number of benzene rings is 2. The molecule has 2 amide bonds. The highest BCUT2D eigenvalue weighted by molar-refractivity contribution is 7.18. The number of hydrogen-bond donors (Lipinski definition) is 1. The number of piperidine rings is 1. The van der Waals surface area contributed by atoms with Crippen LogP contribution in [0.25, 0.3) is 21.3 Å². The summed E-state index contributed by atoms with van der Waals surface area (Å²) in [5.74, 6) is -0.0360. The number of nitrogens with zero attached hydrogens (tertiary/aromatic N) is 5. The smallest absolute Gasteiger partial charge is 0.275 e. The molecule has 176 valence electrons. The SMILES string of the molecule is Cc1nc2cc(NC(=O)c3csc(C4CCN(C(=O)c5ccc6nonc6c5)CC4)n3)ccc2s1. The molecule has 1 saturated heterocycles. The van der Waals surface area contributed by atoms with Gasteiger partial charge in [0.1, 0.15) is 16.7 Å². The number of aromatic nitrogens is 4. The molecular weight excluding hydrogens is 484 g/mol. The van der Waals surface area contributed by atoms with Crippen molar-refractivity contribution in [1.82, 2.24) is 25.2 Å². The second kappa shape index (κ2) is 8.82. The highest BCUT2D eigenvalue weighted by atomic mass is 32.1. The molecule has 0 atom stereocenters. The van der Waals surface area contributed by atoms with Crippen molar-refractivity contribution < 1.29 is 14.2 Å². The standard InChI is InChI=1S/C24H20N6O3S2/c1-13-25-19-11-16(3-5-21(19)35-13)26-22(31)20-12-34-23(27-20)14-6-8-30(9-7-14)24(32)15-2-4-17-18(10-15)29-33-28-17/h2-5,10-12,14H,6-9H2,1H3,(H,26,31). The molecule has 0 unspecified atom stereocenters. The van der Waals surface area contributed by atoms with Gasteiger partial charge >= 0.3 is 0 Å². The molecule has 0 saturated carbocycles. The van der Waals surface area contributed by atoms with Crippen molar-refractivity contribution in [3.8, 4) is 0 Å². The van der Waals surface area contributed by atoms with E-state index in [1.807, 2.05) is 30.0 Å². The van der Waals surface area contributed by atoms with Crippen molar-refractivity contribution >= 4 is 61.4 Å². The number of hydrogen-bond acceptors (Lipinski definition) is 9. The molecule has 1 aliphatic rings. The number of amides is 2. The predicted octanol–water partition coefficient (Wildman–Crippen LogP) is 4.87. The lowest BCUT2D eigenvalue weighted by Crippen LogP contribution is -2.37. The largest absolute Gasteiger partial charge is 0.339 e. The van der Waals surface area contributed by atoms with E-state index in [4.69, 9.17) is 4.63 Å². The number of likely N-dealkylation sites (tertiary alicyclic amines) is 1. The molecule has 0 aliphatic carbocycles. The lowest BCUT2D eigenvalue weighted by molar-refractivity contribution is 0.0713. The van der Waals surface area contributed by atoms with Crippen molar-refractivity contribution in [1.29, 1.82) is 0 Å². The molecule has 35 heavy (non-hydrogen) atoms. The van der Waals surface area contributed by atoms with Gasteiger partial charge in [-0.1, -0.05) is 0 Å². The molecule has 4 heterocycles. The molecule has 2 aromatic carbocycles. The van der Waals surface area contributed by atoms with Crippen LogP contribution < -0.4 is 5.32 Å². The van der Waals surface area contributed by atoms with Gasteiger partial charge in [-0.3, -0.25) is 9.59 Å². The molecule has 0 bridgehead atoms. The third-order valence-corrected chi connectivity index (χ3v) is 8.10. The third kappa shape index (κ3) is 4.28. The van der Waals surface area contributed by atoms with Gasteiger partial charge in [-0.15, -0.1) is 22.7 Å². The molecule has 11 heteroatoms. The Kier molecular flexibility index (Phi) is 5.50. The van der Waals surface area contributed by atoms with Crippen LogP contribution in [0.2, 0.25) is 0 Å². The van der Waals surface area contributed by atoms with Crippen molar-refractivity contribution in [3.63, 3.8) is 0 Å². The molecular formula is C24H20N6O3S2. The average Bonchev–Trinajstić information content (AvgIpc) is 3.62. The molecule has 0 radical (unpaired) electrons. The van der Waals surface area contributed by atoms with Crippen LogP contribution in [0.5, 0.6) is 0 Å². The average molecular weight is 505 g/mol. The van der Waals surface area contributed by atoms with E-state index in [0.29, 0.717) is 41.1 Å². The Morgan fingerprint density at radius 3 is 2.71 bits per heavy atom.